The molecule has 2 nitrogen and oxygen atoms in total. The Morgan fingerprint density at radius 2 is 2.12 bits per heavy atom. The van der Waals surface area contributed by atoms with Crippen molar-refractivity contribution in [2.24, 2.45) is 5.92 Å². The molecule has 0 spiro atoms. The molecule has 0 aliphatic carbocycles. The zero-order chi connectivity index (χ0) is 13.2. The van der Waals surface area contributed by atoms with E-state index in [0.717, 1.165) is 11.1 Å². The number of carbonyl (C=O) groups excluding carboxylic acids is 1. The topological polar surface area (TPSA) is 29.1 Å². The zero-order valence-corrected chi connectivity index (χ0v) is 10.7. The second-order valence-corrected chi connectivity index (χ2v) is 4.63. The molecular weight excluding hydrogens is 208 g/mol. The molecule has 0 aromatic rings. The normalized spacial score (nSPS) is 20.6. The lowest BCUT2D eigenvalue weighted by Crippen LogP contribution is -2.39. The number of allylic oxidation sites excluding steroid dienone is 3. The number of ketones is 1. The minimum atomic E-state index is -0.121. The number of dihydropyridines is 1. The van der Waals surface area contributed by atoms with E-state index in [-0.39, 0.29) is 17.7 Å². The Kier molecular flexibility index (Phi) is 4.44. The highest BCUT2D eigenvalue weighted by Crippen LogP contribution is 2.28. The summed E-state index contributed by atoms with van der Waals surface area (Å²) in [4.78, 5) is 11.5. The molecule has 1 unspecified atom stereocenters. The summed E-state index contributed by atoms with van der Waals surface area (Å²) < 4.78 is 0. The third kappa shape index (κ3) is 2.93. The highest BCUT2D eigenvalue weighted by molar-refractivity contribution is 6.29. The van der Waals surface area contributed by atoms with E-state index in [9.17, 15) is 4.79 Å². The van der Waals surface area contributed by atoms with Crippen LogP contribution < -0.4 is 5.32 Å². The average molecular weight is 225 g/mol. The minimum absolute atomic E-state index is 0.0131. The van der Waals surface area contributed by atoms with Gasteiger partial charge in [-0.3, -0.25) is 4.79 Å². The molecule has 1 N–H and O–H groups in total. The lowest BCUT2D eigenvalue weighted by molar-refractivity contribution is -0.114. The third-order valence-corrected chi connectivity index (χ3v) is 3.08. The number of hydrogen-bond acceptors (Lipinski definition) is 2. The van der Waals surface area contributed by atoms with Gasteiger partial charge in [-0.1, -0.05) is 37.0 Å². The van der Waals surface area contributed by atoms with Crippen LogP contribution in [0.5, 0.6) is 0 Å². The highest BCUT2D eigenvalue weighted by Gasteiger charge is 2.25. The SMILES string of the molecule is [B]C1=C(C)C([B])=C(C(C)C)C(CC(=O)C=C)N1. The Bertz CT molecular complexity index is 406. The van der Waals surface area contributed by atoms with Crippen molar-refractivity contribution in [2.45, 2.75) is 33.2 Å². The van der Waals surface area contributed by atoms with Crippen molar-refractivity contribution in [1.82, 2.24) is 5.32 Å². The number of rotatable bonds is 4. The van der Waals surface area contributed by atoms with Crippen LogP contribution >= 0.6 is 0 Å². The number of nitrogens with one attached hydrogen (secondary N) is 1. The van der Waals surface area contributed by atoms with Crippen molar-refractivity contribution in [2.75, 3.05) is 0 Å². The molecular formula is C13H17B2NO. The first-order valence-electron chi connectivity index (χ1n) is 5.76. The molecule has 0 saturated carbocycles. The first-order chi connectivity index (χ1) is 7.88. The molecule has 0 saturated heterocycles. The van der Waals surface area contributed by atoms with Crippen LogP contribution in [0.4, 0.5) is 0 Å². The van der Waals surface area contributed by atoms with Gasteiger partial charge in [-0.25, -0.2) is 0 Å². The molecule has 1 atom stereocenters. The van der Waals surface area contributed by atoms with E-state index < -0.39 is 0 Å². The van der Waals surface area contributed by atoms with Crippen molar-refractivity contribution in [3.63, 3.8) is 0 Å². The Balaban J connectivity index is 3.09. The summed E-state index contributed by atoms with van der Waals surface area (Å²) in [6, 6.07) is -0.121. The van der Waals surface area contributed by atoms with Crippen molar-refractivity contribution < 1.29 is 4.79 Å². The van der Waals surface area contributed by atoms with Gasteiger partial charge in [0.2, 0.25) is 0 Å². The summed E-state index contributed by atoms with van der Waals surface area (Å²) in [7, 11) is 11.9. The van der Waals surface area contributed by atoms with Gasteiger partial charge in [0.15, 0.2) is 5.78 Å². The van der Waals surface area contributed by atoms with Crippen LogP contribution in [0.2, 0.25) is 0 Å². The van der Waals surface area contributed by atoms with Crippen molar-refractivity contribution >= 4 is 21.5 Å². The lowest BCUT2D eigenvalue weighted by Gasteiger charge is -2.34. The maximum atomic E-state index is 11.5. The van der Waals surface area contributed by atoms with Crippen molar-refractivity contribution in [1.29, 1.82) is 0 Å². The fraction of sp³-hybridized carbons (Fsp3) is 0.462. The Morgan fingerprint density at radius 3 is 2.59 bits per heavy atom. The van der Waals surface area contributed by atoms with E-state index in [1.165, 1.54) is 6.08 Å². The standard InChI is InChI=1S/C13H17B2NO/c1-5-9(17)6-10-11(7(2)3)12(14)8(4)13(15)16-10/h5,7,10,16H,1,6H2,2-4H3. The van der Waals surface area contributed by atoms with E-state index >= 15 is 0 Å². The van der Waals surface area contributed by atoms with Crippen molar-refractivity contribution in [3.8, 4) is 0 Å². The van der Waals surface area contributed by atoms with Crippen LogP contribution in [0.25, 0.3) is 0 Å². The predicted octanol–water partition coefficient (Wildman–Crippen LogP) is 1.58. The quantitative estimate of drug-likeness (QED) is 0.581. The second-order valence-electron chi connectivity index (χ2n) is 4.63. The summed E-state index contributed by atoms with van der Waals surface area (Å²) in [5.41, 5.74) is 3.16. The zero-order valence-electron chi connectivity index (χ0n) is 10.7. The first kappa shape index (κ1) is 13.9. The van der Waals surface area contributed by atoms with Gasteiger partial charge in [-0.05, 0) is 24.5 Å². The summed E-state index contributed by atoms with van der Waals surface area (Å²) in [5.74, 6) is 0.258. The molecule has 17 heavy (non-hydrogen) atoms. The fourth-order valence-electron chi connectivity index (χ4n) is 2.08. The van der Waals surface area contributed by atoms with Crippen LogP contribution in [0.3, 0.4) is 0 Å². The number of hydrogen-bond donors (Lipinski definition) is 1. The van der Waals surface area contributed by atoms with Gasteiger partial charge >= 0.3 is 0 Å². The molecule has 86 valence electrons. The Hall–Kier alpha value is -1.18. The van der Waals surface area contributed by atoms with E-state index in [1.54, 1.807) is 0 Å². The summed E-state index contributed by atoms with van der Waals surface area (Å²) >= 11 is 0. The molecule has 0 aromatic carbocycles. The summed E-state index contributed by atoms with van der Waals surface area (Å²) in [5, 5.41) is 3.14. The van der Waals surface area contributed by atoms with Gasteiger partial charge in [-0.2, -0.15) is 0 Å². The molecule has 0 aromatic heterocycles. The summed E-state index contributed by atoms with van der Waals surface area (Å²) in [6.45, 7) is 9.48. The Labute approximate surface area is 106 Å². The molecule has 1 aliphatic heterocycles. The second kappa shape index (κ2) is 5.44. The van der Waals surface area contributed by atoms with Gasteiger partial charge in [0, 0.05) is 6.42 Å². The molecule has 4 heteroatoms. The maximum Gasteiger partial charge on any atom is 0.157 e. The maximum absolute atomic E-state index is 11.5. The van der Waals surface area contributed by atoms with Crippen LogP contribution in [-0.4, -0.2) is 27.5 Å². The van der Waals surface area contributed by atoms with Gasteiger partial charge in [0.05, 0.1) is 6.04 Å². The minimum Gasteiger partial charge on any atom is -0.390 e. The highest BCUT2D eigenvalue weighted by atomic mass is 16.1. The first-order valence-corrected chi connectivity index (χ1v) is 5.76. The molecule has 4 radical (unpaired) electrons. The summed E-state index contributed by atoms with van der Waals surface area (Å²) in [6.07, 6.45) is 1.67. The largest absolute Gasteiger partial charge is 0.390 e. The fourth-order valence-corrected chi connectivity index (χ4v) is 2.08. The molecule has 1 heterocycles. The van der Waals surface area contributed by atoms with E-state index in [1.807, 2.05) is 6.92 Å². The molecule has 1 rings (SSSR count). The lowest BCUT2D eigenvalue weighted by atomic mass is 9.72. The van der Waals surface area contributed by atoms with Crippen molar-refractivity contribution in [3.05, 3.63) is 34.9 Å². The van der Waals surface area contributed by atoms with Gasteiger partial charge in [-0.15, -0.1) is 0 Å². The molecule has 0 amide bonds. The van der Waals surface area contributed by atoms with E-state index in [2.05, 4.69) is 25.7 Å². The molecule has 1 aliphatic rings. The average Bonchev–Trinajstić information content (AvgIpc) is 2.25. The van der Waals surface area contributed by atoms with Gasteiger partial charge in [0.1, 0.15) is 15.7 Å². The molecule has 0 bridgehead atoms. The Morgan fingerprint density at radius 1 is 1.53 bits per heavy atom. The number of carbonyl (C=O) groups is 1. The third-order valence-electron chi connectivity index (χ3n) is 3.08. The smallest absolute Gasteiger partial charge is 0.157 e. The van der Waals surface area contributed by atoms with Crippen LogP contribution in [0.1, 0.15) is 27.2 Å². The van der Waals surface area contributed by atoms with Crippen LogP contribution in [-0.2, 0) is 4.79 Å². The monoisotopic (exact) mass is 225 g/mol. The van der Waals surface area contributed by atoms with E-state index in [0.29, 0.717) is 17.5 Å². The van der Waals surface area contributed by atoms with E-state index in [4.69, 9.17) is 15.7 Å². The van der Waals surface area contributed by atoms with Gasteiger partial charge in [0.25, 0.3) is 0 Å². The van der Waals surface area contributed by atoms with Crippen LogP contribution in [0, 0.1) is 5.92 Å². The van der Waals surface area contributed by atoms with Crippen LogP contribution in [0.15, 0.2) is 34.9 Å². The van der Waals surface area contributed by atoms with Gasteiger partial charge < -0.3 is 5.32 Å². The molecule has 0 fully saturated rings. The predicted molar refractivity (Wildman–Crippen MR) is 72.8 cm³/mol.